The molecule has 1 aliphatic carbocycles. The molecular weight excluding hydrogens is 503 g/mol. The van der Waals surface area contributed by atoms with Crippen molar-refractivity contribution in [3.8, 4) is 11.5 Å². The first kappa shape index (κ1) is 28.9. The molecular formula is C30H40F2OSSi2. The van der Waals surface area contributed by atoms with Gasteiger partial charge in [0.05, 0.1) is 0 Å². The van der Waals surface area contributed by atoms with Gasteiger partial charge < -0.3 is 4.43 Å². The Morgan fingerprint density at radius 1 is 0.889 bits per heavy atom. The van der Waals surface area contributed by atoms with E-state index < -0.39 is 27.2 Å². The largest absolute Gasteiger partial charge is 0.402 e. The summed E-state index contributed by atoms with van der Waals surface area (Å²) < 4.78 is 39.8. The summed E-state index contributed by atoms with van der Waals surface area (Å²) in [6, 6.07) is 18.1. The van der Waals surface area contributed by atoms with E-state index in [0.717, 1.165) is 19.3 Å². The molecule has 0 saturated carbocycles. The van der Waals surface area contributed by atoms with Gasteiger partial charge in [0.2, 0.25) is 0 Å². The molecule has 3 atom stereocenters. The van der Waals surface area contributed by atoms with E-state index in [1.54, 1.807) is 24.3 Å². The molecule has 0 aromatic heterocycles. The lowest BCUT2D eigenvalue weighted by Gasteiger charge is -2.45. The predicted octanol–water partition coefficient (Wildman–Crippen LogP) is 9.36. The van der Waals surface area contributed by atoms with E-state index in [2.05, 4.69) is 43.3 Å². The summed E-state index contributed by atoms with van der Waals surface area (Å²) in [5, 5.41) is -3.16. The molecule has 0 aliphatic heterocycles. The third-order valence-electron chi connectivity index (χ3n) is 6.09. The van der Waals surface area contributed by atoms with Crippen LogP contribution in [0.4, 0.5) is 8.78 Å². The zero-order chi connectivity index (χ0) is 26.5. The smallest absolute Gasteiger partial charge is 0.329 e. The second-order valence-corrected chi connectivity index (χ2v) is 22.1. The Balaban J connectivity index is 1.90. The first-order chi connectivity index (χ1) is 16.8. The van der Waals surface area contributed by atoms with E-state index in [-0.39, 0.29) is 12.3 Å². The van der Waals surface area contributed by atoms with Gasteiger partial charge in [0, 0.05) is 11.3 Å². The molecule has 0 amide bonds. The maximum absolute atomic E-state index is 16.6. The van der Waals surface area contributed by atoms with Crippen molar-refractivity contribution in [3.63, 3.8) is 0 Å². The van der Waals surface area contributed by atoms with Gasteiger partial charge in [-0.25, -0.2) is 0 Å². The van der Waals surface area contributed by atoms with Crippen molar-refractivity contribution < 1.29 is 13.2 Å². The van der Waals surface area contributed by atoms with E-state index >= 15 is 8.78 Å². The fourth-order valence-corrected chi connectivity index (χ4v) is 7.79. The summed E-state index contributed by atoms with van der Waals surface area (Å²) >= 11 is 0.617. The number of halogens is 2. The lowest BCUT2D eigenvalue weighted by molar-refractivity contribution is -0.124. The van der Waals surface area contributed by atoms with Crippen molar-refractivity contribution in [2.24, 2.45) is 11.8 Å². The topological polar surface area (TPSA) is 9.23 Å². The second-order valence-electron chi connectivity index (χ2n) is 11.8. The Hall–Kier alpha value is -1.66. The van der Waals surface area contributed by atoms with Gasteiger partial charge in [0.15, 0.2) is 13.9 Å². The van der Waals surface area contributed by atoms with Crippen LogP contribution in [-0.2, 0) is 10.0 Å². The van der Waals surface area contributed by atoms with E-state index in [1.165, 1.54) is 0 Å². The minimum absolute atomic E-state index is 0.0266. The lowest BCUT2D eigenvalue weighted by Crippen LogP contribution is -2.52. The standard InChI is InChI=1S/C30H40F2OSSi2/c1-35(2,3)22-14-13-15-25-20-21-26(23-25)24-29(33-36(4,5)6,27-16-9-7-10-17-27)30(31,32)34-28-18-11-8-12-19-28/h7-12,16-21,25-26H,13,15,23-24H2,1-6H3/t25-,26-,29?/m1/s1. The summed E-state index contributed by atoms with van der Waals surface area (Å²) in [6.45, 7) is 12.7. The summed E-state index contributed by atoms with van der Waals surface area (Å²) in [4.78, 5) is 0.544. The van der Waals surface area contributed by atoms with Crippen LogP contribution < -0.4 is 0 Å². The average Bonchev–Trinajstić information content (AvgIpc) is 3.22. The summed E-state index contributed by atoms with van der Waals surface area (Å²) in [6.07, 6.45) is 7.32. The van der Waals surface area contributed by atoms with Gasteiger partial charge in [-0.2, -0.15) is 8.78 Å². The molecule has 0 spiro atoms. The molecule has 0 bridgehead atoms. The van der Waals surface area contributed by atoms with Crippen LogP contribution in [0, 0.1) is 23.3 Å². The third kappa shape index (κ3) is 8.18. The van der Waals surface area contributed by atoms with Gasteiger partial charge in [-0.05, 0) is 80.2 Å². The first-order valence-corrected chi connectivity index (χ1v) is 20.6. The predicted molar refractivity (Wildman–Crippen MR) is 156 cm³/mol. The third-order valence-corrected chi connectivity index (χ3v) is 9.08. The molecule has 36 heavy (non-hydrogen) atoms. The number of benzene rings is 2. The van der Waals surface area contributed by atoms with E-state index in [1.807, 2.05) is 56.0 Å². The number of allylic oxidation sites excluding steroid dienone is 2. The molecule has 0 heterocycles. The Kier molecular flexibility index (Phi) is 9.48. The Morgan fingerprint density at radius 3 is 2.06 bits per heavy atom. The monoisotopic (exact) mass is 542 g/mol. The fourth-order valence-electron chi connectivity index (χ4n) is 4.69. The molecule has 2 aromatic carbocycles. The minimum atomic E-state index is -3.16. The van der Waals surface area contributed by atoms with Crippen molar-refractivity contribution in [3.05, 3.63) is 78.4 Å². The SMILES string of the molecule is C[Si](C)(C)C#CCC[C@@H]1C=C[C@@H](CC(O[Si](C)(C)C)(c2ccccc2)C(F)(F)Sc2ccccc2)C1. The van der Waals surface area contributed by atoms with Gasteiger partial charge in [-0.15, -0.1) is 11.5 Å². The Morgan fingerprint density at radius 2 is 1.47 bits per heavy atom. The van der Waals surface area contributed by atoms with Crippen LogP contribution in [0.2, 0.25) is 39.3 Å². The van der Waals surface area contributed by atoms with Crippen molar-refractivity contribution in [1.82, 2.24) is 0 Å². The van der Waals surface area contributed by atoms with Gasteiger partial charge in [-0.1, -0.05) is 80.3 Å². The van der Waals surface area contributed by atoms with E-state index in [0.29, 0.717) is 28.1 Å². The van der Waals surface area contributed by atoms with Gasteiger partial charge >= 0.3 is 5.25 Å². The molecule has 0 fully saturated rings. The summed E-state index contributed by atoms with van der Waals surface area (Å²) in [7, 11) is -3.74. The average molecular weight is 543 g/mol. The maximum atomic E-state index is 16.6. The highest BCUT2D eigenvalue weighted by Crippen LogP contribution is 2.56. The van der Waals surface area contributed by atoms with Gasteiger partial charge in [0.1, 0.15) is 8.07 Å². The van der Waals surface area contributed by atoms with Gasteiger partial charge in [-0.3, -0.25) is 0 Å². The molecule has 0 N–H and O–H groups in total. The highest BCUT2D eigenvalue weighted by Gasteiger charge is 2.59. The normalized spacial score (nSPS) is 20.0. The fraction of sp³-hybridized carbons (Fsp3) is 0.467. The lowest BCUT2D eigenvalue weighted by atomic mass is 9.83. The molecule has 0 radical (unpaired) electrons. The van der Waals surface area contributed by atoms with Crippen molar-refractivity contribution >= 4 is 28.2 Å². The Labute approximate surface area is 223 Å². The molecule has 2 aromatic rings. The molecule has 6 heteroatoms. The van der Waals surface area contributed by atoms with Crippen LogP contribution in [0.3, 0.4) is 0 Å². The number of alkyl halides is 2. The van der Waals surface area contributed by atoms with Crippen LogP contribution in [-0.4, -0.2) is 21.6 Å². The van der Waals surface area contributed by atoms with Crippen molar-refractivity contribution in [1.29, 1.82) is 0 Å². The molecule has 3 rings (SSSR count). The molecule has 1 unspecified atom stereocenters. The second kappa shape index (κ2) is 11.8. The zero-order valence-electron chi connectivity index (χ0n) is 22.5. The van der Waals surface area contributed by atoms with Crippen LogP contribution in [0.1, 0.15) is 31.2 Å². The maximum Gasteiger partial charge on any atom is 0.329 e. The van der Waals surface area contributed by atoms with Crippen LogP contribution >= 0.6 is 11.8 Å². The van der Waals surface area contributed by atoms with Crippen molar-refractivity contribution in [2.75, 3.05) is 0 Å². The van der Waals surface area contributed by atoms with Crippen LogP contribution in [0.15, 0.2) is 77.7 Å². The number of thioether (sulfide) groups is 1. The number of rotatable bonds is 10. The van der Waals surface area contributed by atoms with E-state index in [9.17, 15) is 0 Å². The molecule has 1 nitrogen and oxygen atoms in total. The van der Waals surface area contributed by atoms with Crippen molar-refractivity contribution in [2.45, 2.75) is 80.7 Å². The highest BCUT2D eigenvalue weighted by molar-refractivity contribution is 8.00. The molecule has 194 valence electrons. The zero-order valence-corrected chi connectivity index (χ0v) is 25.3. The minimum Gasteiger partial charge on any atom is -0.402 e. The quantitative estimate of drug-likeness (QED) is 0.128. The van der Waals surface area contributed by atoms with Crippen LogP contribution in [0.25, 0.3) is 0 Å². The first-order valence-electron chi connectivity index (χ1n) is 12.9. The van der Waals surface area contributed by atoms with Gasteiger partial charge in [0.25, 0.3) is 0 Å². The summed E-state index contributed by atoms with van der Waals surface area (Å²) in [5.41, 5.74) is 2.27. The highest BCUT2D eigenvalue weighted by atomic mass is 32.2. The number of hydrogen-bond acceptors (Lipinski definition) is 2. The Bertz CT molecular complexity index is 1070. The van der Waals surface area contributed by atoms with Crippen LogP contribution in [0.5, 0.6) is 0 Å². The molecule has 0 saturated heterocycles. The summed E-state index contributed by atoms with van der Waals surface area (Å²) in [5.74, 6) is 3.76. The molecule has 1 aliphatic rings. The number of hydrogen-bond donors (Lipinski definition) is 0. The van der Waals surface area contributed by atoms with E-state index in [4.69, 9.17) is 4.43 Å².